The number of esters is 1. The average molecular weight is 281 g/mol. The first-order chi connectivity index (χ1) is 9.20. The van der Waals surface area contributed by atoms with E-state index in [-0.39, 0.29) is 5.97 Å². The summed E-state index contributed by atoms with van der Waals surface area (Å²) in [6.07, 6.45) is 1.88. The topological polar surface area (TPSA) is 55.4 Å². The van der Waals surface area contributed by atoms with Gasteiger partial charge in [-0.3, -0.25) is 4.21 Å². The van der Waals surface area contributed by atoms with Gasteiger partial charge in [-0.2, -0.15) is 0 Å². The van der Waals surface area contributed by atoms with Crippen LogP contribution < -0.4 is 5.32 Å². The second-order valence-corrected chi connectivity index (χ2v) is 6.35. The maximum Gasteiger partial charge on any atom is 0.338 e. The van der Waals surface area contributed by atoms with Crippen LogP contribution in [-0.4, -0.2) is 34.8 Å². The second-order valence-electron chi connectivity index (χ2n) is 4.65. The van der Waals surface area contributed by atoms with Gasteiger partial charge in [0.15, 0.2) is 0 Å². The smallest absolute Gasteiger partial charge is 0.338 e. The average Bonchev–Trinajstić information content (AvgIpc) is 2.46. The Morgan fingerprint density at radius 2 is 2.05 bits per heavy atom. The first-order valence-electron chi connectivity index (χ1n) is 6.45. The molecular formula is C14H19NO3S. The van der Waals surface area contributed by atoms with E-state index in [1.165, 1.54) is 7.11 Å². The monoisotopic (exact) mass is 281 g/mol. The molecular weight excluding hydrogens is 262 g/mol. The van der Waals surface area contributed by atoms with Gasteiger partial charge in [-0.15, -0.1) is 0 Å². The number of ether oxygens (including phenoxy) is 1. The van der Waals surface area contributed by atoms with E-state index in [1.54, 1.807) is 6.07 Å². The summed E-state index contributed by atoms with van der Waals surface area (Å²) in [6.45, 7) is 0.641. The highest BCUT2D eigenvalue weighted by Crippen LogP contribution is 2.13. The number of hydrogen-bond donors (Lipinski definition) is 1. The third kappa shape index (κ3) is 3.88. The van der Waals surface area contributed by atoms with E-state index in [4.69, 9.17) is 4.74 Å². The van der Waals surface area contributed by atoms with Crippen molar-refractivity contribution in [1.82, 2.24) is 5.32 Å². The van der Waals surface area contributed by atoms with Gasteiger partial charge in [-0.05, 0) is 24.5 Å². The van der Waals surface area contributed by atoms with E-state index in [2.05, 4.69) is 5.32 Å². The van der Waals surface area contributed by atoms with Crippen LogP contribution >= 0.6 is 0 Å². The van der Waals surface area contributed by atoms with Crippen LogP contribution in [0.15, 0.2) is 24.3 Å². The molecule has 5 heteroatoms. The predicted molar refractivity (Wildman–Crippen MR) is 75.5 cm³/mol. The maximum absolute atomic E-state index is 11.6. The van der Waals surface area contributed by atoms with Crippen LogP contribution in [0, 0.1) is 0 Å². The molecule has 0 unspecified atom stereocenters. The van der Waals surface area contributed by atoms with Crippen LogP contribution in [0.4, 0.5) is 0 Å². The molecule has 1 fully saturated rings. The van der Waals surface area contributed by atoms with Gasteiger partial charge in [0.05, 0.1) is 12.7 Å². The first kappa shape index (κ1) is 14.2. The van der Waals surface area contributed by atoms with Crippen LogP contribution in [-0.2, 0) is 22.1 Å². The van der Waals surface area contributed by atoms with Gasteiger partial charge in [0.1, 0.15) is 0 Å². The van der Waals surface area contributed by atoms with E-state index < -0.39 is 10.8 Å². The summed E-state index contributed by atoms with van der Waals surface area (Å²) >= 11 is 0. The Morgan fingerprint density at radius 1 is 1.37 bits per heavy atom. The predicted octanol–water partition coefficient (Wildman–Crippen LogP) is 1.47. The van der Waals surface area contributed by atoms with Crippen molar-refractivity contribution in [3.8, 4) is 0 Å². The lowest BCUT2D eigenvalue weighted by Gasteiger charge is -2.23. The molecule has 0 saturated carbocycles. The summed E-state index contributed by atoms with van der Waals surface area (Å²) in [5, 5.41) is 3.44. The van der Waals surface area contributed by atoms with E-state index in [0.717, 1.165) is 29.9 Å². The van der Waals surface area contributed by atoms with E-state index in [9.17, 15) is 9.00 Å². The van der Waals surface area contributed by atoms with Gasteiger partial charge in [-0.25, -0.2) is 4.79 Å². The molecule has 1 N–H and O–H groups in total. The largest absolute Gasteiger partial charge is 0.465 e. The zero-order chi connectivity index (χ0) is 13.7. The van der Waals surface area contributed by atoms with Crippen molar-refractivity contribution in [1.29, 1.82) is 0 Å². The highest BCUT2D eigenvalue weighted by atomic mass is 32.2. The number of nitrogens with one attached hydrogen (secondary N) is 1. The Hall–Kier alpha value is -1.20. The maximum atomic E-state index is 11.6. The quantitative estimate of drug-likeness (QED) is 0.849. The molecule has 0 bridgehead atoms. The number of benzene rings is 1. The van der Waals surface area contributed by atoms with E-state index in [1.807, 2.05) is 18.2 Å². The SMILES string of the molecule is COC(=O)c1ccccc1CNC1CCS(=O)CC1. The van der Waals surface area contributed by atoms with E-state index >= 15 is 0 Å². The standard InChI is InChI=1S/C14H19NO3S/c1-18-14(16)13-5-3-2-4-11(13)10-15-12-6-8-19(17)9-7-12/h2-5,12,15H,6-10H2,1H3. The number of methoxy groups -OCH3 is 1. The fraction of sp³-hybridized carbons (Fsp3) is 0.500. The zero-order valence-corrected chi connectivity index (χ0v) is 11.9. The van der Waals surface area contributed by atoms with Crippen molar-refractivity contribution in [2.24, 2.45) is 0 Å². The first-order valence-corrected chi connectivity index (χ1v) is 7.94. The highest BCUT2D eigenvalue weighted by Gasteiger charge is 2.18. The van der Waals surface area contributed by atoms with Crippen molar-refractivity contribution in [2.75, 3.05) is 18.6 Å². The molecule has 4 nitrogen and oxygen atoms in total. The number of hydrogen-bond acceptors (Lipinski definition) is 4. The molecule has 0 aromatic heterocycles. The van der Waals surface area contributed by atoms with Crippen LogP contribution in [0.3, 0.4) is 0 Å². The van der Waals surface area contributed by atoms with Gasteiger partial charge in [0.25, 0.3) is 0 Å². The fourth-order valence-corrected chi connectivity index (χ4v) is 3.53. The molecule has 0 amide bonds. The Labute approximate surface area is 116 Å². The molecule has 0 atom stereocenters. The lowest BCUT2D eigenvalue weighted by atomic mass is 10.1. The van der Waals surface area contributed by atoms with Crippen LogP contribution in [0.5, 0.6) is 0 Å². The molecule has 1 heterocycles. The second kappa shape index (κ2) is 6.82. The molecule has 2 rings (SSSR count). The van der Waals surface area contributed by atoms with Gasteiger partial charge < -0.3 is 10.1 Å². The summed E-state index contributed by atoms with van der Waals surface area (Å²) < 4.78 is 16.1. The summed E-state index contributed by atoms with van der Waals surface area (Å²) in [5.41, 5.74) is 1.55. The lowest BCUT2D eigenvalue weighted by molar-refractivity contribution is 0.0599. The minimum absolute atomic E-state index is 0.304. The molecule has 1 aromatic rings. The normalized spacial score (nSPS) is 23.0. The van der Waals surface area contributed by atoms with Crippen LogP contribution in [0.25, 0.3) is 0 Å². The summed E-state index contributed by atoms with van der Waals surface area (Å²) in [7, 11) is 0.756. The van der Waals surface area contributed by atoms with Crippen molar-refractivity contribution in [3.63, 3.8) is 0 Å². The molecule has 1 saturated heterocycles. The van der Waals surface area contributed by atoms with Crippen molar-refractivity contribution in [3.05, 3.63) is 35.4 Å². The van der Waals surface area contributed by atoms with E-state index in [0.29, 0.717) is 18.2 Å². The van der Waals surface area contributed by atoms with Crippen molar-refractivity contribution >= 4 is 16.8 Å². The van der Waals surface area contributed by atoms with Crippen molar-refractivity contribution in [2.45, 2.75) is 25.4 Å². The molecule has 0 spiro atoms. The minimum atomic E-state index is -0.636. The summed E-state index contributed by atoms with van der Waals surface area (Å²) in [4.78, 5) is 11.6. The highest BCUT2D eigenvalue weighted by molar-refractivity contribution is 7.85. The molecule has 1 aliphatic heterocycles. The lowest BCUT2D eigenvalue weighted by Crippen LogP contribution is -2.35. The third-order valence-corrected chi connectivity index (χ3v) is 4.77. The molecule has 0 radical (unpaired) electrons. The number of carbonyl (C=O) groups is 1. The molecule has 104 valence electrons. The van der Waals surface area contributed by atoms with Crippen LogP contribution in [0.2, 0.25) is 0 Å². The van der Waals surface area contributed by atoms with Gasteiger partial charge in [-0.1, -0.05) is 18.2 Å². The van der Waals surface area contributed by atoms with Crippen molar-refractivity contribution < 1.29 is 13.7 Å². The number of carbonyl (C=O) groups excluding carboxylic acids is 1. The summed E-state index contributed by atoms with van der Waals surface area (Å²) in [5.74, 6) is 1.24. The minimum Gasteiger partial charge on any atom is -0.465 e. The Bertz CT molecular complexity index is 466. The molecule has 19 heavy (non-hydrogen) atoms. The molecule has 1 aromatic carbocycles. The van der Waals surface area contributed by atoms with Gasteiger partial charge >= 0.3 is 5.97 Å². The molecule has 1 aliphatic rings. The van der Waals surface area contributed by atoms with Crippen LogP contribution in [0.1, 0.15) is 28.8 Å². The fourth-order valence-electron chi connectivity index (χ4n) is 2.24. The Morgan fingerprint density at radius 3 is 2.74 bits per heavy atom. The Balaban J connectivity index is 1.96. The van der Waals surface area contributed by atoms with Gasteiger partial charge in [0.2, 0.25) is 0 Å². The zero-order valence-electron chi connectivity index (χ0n) is 11.1. The summed E-state index contributed by atoms with van der Waals surface area (Å²) in [6, 6.07) is 7.85. The van der Waals surface area contributed by atoms with Gasteiger partial charge in [0, 0.05) is 34.9 Å². The Kier molecular flexibility index (Phi) is 5.10. The number of rotatable bonds is 4. The third-order valence-electron chi connectivity index (χ3n) is 3.39. The molecule has 0 aliphatic carbocycles.